The summed E-state index contributed by atoms with van der Waals surface area (Å²) in [6.45, 7) is 13.6. The maximum Gasteiger partial charge on any atom is 0.310 e. The number of carbonyl (C=O) groups excluding carboxylic acids is 1. The normalized spacial score (nSPS) is 19.5. The Balaban J connectivity index is 1.70. The lowest BCUT2D eigenvalue weighted by atomic mass is 9.92. The molecular weight excluding hydrogens is 474 g/mol. The van der Waals surface area contributed by atoms with Crippen molar-refractivity contribution in [3.8, 4) is 0 Å². The summed E-state index contributed by atoms with van der Waals surface area (Å²) < 4.78 is 13.0. The molecule has 0 spiro atoms. The zero-order valence-corrected chi connectivity index (χ0v) is 23.9. The highest BCUT2D eigenvalue weighted by Crippen LogP contribution is 2.40. The fraction of sp³-hybridized carbons (Fsp3) is 0.406. The van der Waals surface area contributed by atoms with Gasteiger partial charge in [0.05, 0.1) is 12.5 Å². The van der Waals surface area contributed by atoms with E-state index in [9.17, 15) is 4.79 Å². The van der Waals surface area contributed by atoms with Crippen molar-refractivity contribution in [2.24, 2.45) is 11.8 Å². The maximum absolute atomic E-state index is 13.2. The molecule has 0 amide bonds. The second-order valence-electron chi connectivity index (χ2n) is 11.2. The van der Waals surface area contributed by atoms with Crippen molar-refractivity contribution >= 4 is 24.7 Å². The summed E-state index contributed by atoms with van der Waals surface area (Å²) in [6, 6.07) is 31.9. The lowest BCUT2D eigenvalue weighted by Crippen LogP contribution is -2.68. The van der Waals surface area contributed by atoms with Crippen molar-refractivity contribution in [3.05, 3.63) is 96.6 Å². The number of hydrogen-bond donors (Lipinski definition) is 0. The third-order valence-corrected chi connectivity index (χ3v) is 12.8. The van der Waals surface area contributed by atoms with E-state index in [4.69, 9.17) is 9.16 Å². The van der Waals surface area contributed by atoms with E-state index < -0.39 is 8.32 Å². The Morgan fingerprint density at radius 3 is 1.89 bits per heavy atom. The molecule has 3 atom stereocenters. The fourth-order valence-electron chi connectivity index (χ4n) is 5.92. The highest BCUT2D eigenvalue weighted by Gasteiger charge is 2.53. The predicted octanol–water partition coefficient (Wildman–Crippen LogP) is 5.26. The van der Waals surface area contributed by atoms with Crippen molar-refractivity contribution in [2.45, 2.75) is 52.3 Å². The number of carbonyl (C=O) groups is 1. The van der Waals surface area contributed by atoms with E-state index in [-0.39, 0.29) is 28.9 Å². The molecule has 3 aromatic rings. The molecule has 0 saturated carbocycles. The smallest absolute Gasteiger partial charge is 0.310 e. The molecule has 4 rings (SSSR count). The van der Waals surface area contributed by atoms with E-state index in [1.165, 1.54) is 15.9 Å². The van der Waals surface area contributed by atoms with Gasteiger partial charge < -0.3 is 9.16 Å². The number of hydrogen-bond acceptors (Lipinski definition) is 4. The van der Waals surface area contributed by atoms with Gasteiger partial charge in [0.2, 0.25) is 0 Å². The van der Waals surface area contributed by atoms with Gasteiger partial charge in [0.25, 0.3) is 8.32 Å². The number of nitrogens with zero attached hydrogens (tertiary/aromatic N) is 1. The van der Waals surface area contributed by atoms with Crippen molar-refractivity contribution in [2.75, 3.05) is 19.7 Å². The van der Waals surface area contributed by atoms with Gasteiger partial charge >= 0.3 is 5.97 Å². The van der Waals surface area contributed by atoms with E-state index in [1.54, 1.807) is 0 Å². The average molecular weight is 516 g/mol. The molecule has 1 fully saturated rings. The molecule has 3 unspecified atom stereocenters. The molecule has 1 aliphatic rings. The molecule has 5 heteroatoms. The van der Waals surface area contributed by atoms with E-state index in [2.05, 4.69) is 118 Å². The van der Waals surface area contributed by atoms with Gasteiger partial charge in [0.1, 0.15) is 0 Å². The summed E-state index contributed by atoms with van der Waals surface area (Å²) in [5.74, 6) is -0.276. The van der Waals surface area contributed by atoms with Crippen LogP contribution in [0.2, 0.25) is 5.04 Å². The van der Waals surface area contributed by atoms with Crippen LogP contribution in [-0.4, -0.2) is 45.0 Å². The van der Waals surface area contributed by atoms with Gasteiger partial charge in [-0.25, -0.2) is 0 Å². The summed E-state index contributed by atoms with van der Waals surface area (Å²) >= 11 is 0. The highest BCUT2D eigenvalue weighted by molar-refractivity contribution is 6.99. The summed E-state index contributed by atoms with van der Waals surface area (Å²) in [5, 5.41) is 2.39. The minimum absolute atomic E-state index is 0.0458. The van der Waals surface area contributed by atoms with Crippen LogP contribution < -0.4 is 10.4 Å². The van der Waals surface area contributed by atoms with E-state index in [0.717, 1.165) is 13.1 Å². The quantitative estimate of drug-likeness (QED) is 0.288. The van der Waals surface area contributed by atoms with Crippen LogP contribution in [0.5, 0.6) is 0 Å². The van der Waals surface area contributed by atoms with E-state index in [1.807, 2.05) is 13.0 Å². The van der Waals surface area contributed by atoms with Crippen molar-refractivity contribution in [3.63, 3.8) is 0 Å². The van der Waals surface area contributed by atoms with Crippen LogP contribution in [0.25, 0.3) is 0 Å². The zero-order chi connectivity index (χ0) is 26.5. The van der Waals surface area contributed by atoms with Crippen molar-refractivity contribution in [1.29, 1.82) is 0 Å². The summed E-state index contributed by atoms with van der Waals surface area (Å²) in [6.07, 6.45) is -0.124. The average Bonchev–Trinajstić information content (AvgIpc) is 3.32. The van der Waals surface area contributed by atoms with E-state index >= 15 is 0 Å². The number of likely N-dealkylation sites (tertiary alicyclic amines) is 1. The van der Waals surface area contributed by atoms with Gasteiger partial charge in [-0.05, 0) is 34.8 Å². The molecule has 1 aliphatic heterocycles. The molecule has 3 aromatic carbocycles. The van der Waals surface area contributed by atoms with Gasteiger partial charge in [-0.1, -0.05) is 112 Å². The zero-order valence-electron chi connectivity index (χ0n) is 22.9. The Labute approximate surface area is 223 Å². The standard InChI is InChI=1S/C32H41NO3Si/c1-6-35-31(34)30-24-33(22-26-16-10-7-11-17-26)23-29(30)25(2)36-37(32(3,4)5,27-18-12-8-13-19-27)28-20-14-9-15-21-28/h7-21,25,29-30H,6,22-24H2,1-5H3. The third-order valence-electron chi connectivity index (χ3n) is 7.66. The molecule has 1 saturated heterocycles. The molecular formula is C32H41NO3Si. The molecule has 0 aromatic heterocycles. The first kappa shape index (κ1) is 27.3. The Morgan fingerprint density at radius 2 is 1.41 bits per heavy atom. The Kier molecular flexibility index (Phi) is 8.68. The van der Waals surface area contributed by atoms with Crippen LogP contribution in [0.3, 0.4) is 0 Å². The van der Waals surface area contributed by atoms with Gasteiger partial charge in [-0.3, -0.25) is 9.69 Å². The van der Waals surface area contributed by atoms with Crippen LogP contribution in [0.15, 0.2) is 91.0 Å². The number of benzene rings is 3. The van der Waals surface area contributed by atoms with E-state index in [0.29, 0.717) is 13.2 Å². The van der Waals surface area contributed by atoms with Crippen molar-refractivity contribution in [1.82, 2.24) is 4.90 Å². The van der Waals surface area contributed by atoms with Crippen LogP contribution >= 0.6 is 0 Å². The molecule has 1 heterocycles. The molecule has 37 heavy (non-hydrogen) atoms. The van der Waals surface area contributed by atoms with Gasteiger partial charge in [-0.2, -0.15) is 0 Å². The lowest BCUT2D eigenvalue weighted by molar-refractivity contribution is -0.149. The van der Waals surface area contributed by atoms with Crippen LogP contribution in [0, 0.1) is 11.8 Å². The molecule has 0 N–H and O–H groups in total. The summed E-state index contributed by atoms with van der Waals surface area (Å²) in [7, 11) is -2.73. The monoisotopic (exact) mass is 515 g/mol. The Hall–Kier alpha value is -2.73. The number of rotatable bonds is 9. The SMILES string of the molecule is CCOC(=O)C1CN(Cc2ccccc2)CC1C(C)O[Si](c1ccccc1)(c1ccccc1)C(C)(C)C. The molecule has 196 valence electrons. The van der Waals surface area contributed by atoms with Gasteiger partial charge in [0.15, 0.2) is 0 Å². The van der Waals surface area contributed by atoms with Gasteiger partial charge in [-0.15, -0.1) is 0 Å². The molecule has 0 radical (unpaired) electrons. The molecule has 0 aliphatic carbocycles. The summed E-state index contributed by atoms with van der Waals surface area (Å²) in [4.78, 5) is 15.5. The highest BCUT2D eigenvalue weighted by atomic mass is 28.4. The minimum Gasteiger partial charge on any atom is -0.466 e. The lowest BCUT2D eigenvalue weighted by Gasteiger charge is -2.46. The second-order valence-corrected chi connectivity index (χ2v) is 15.4. The Bertz CT molecular complexity index is 1090. The summed E-state index contributed by atoms with van der Waals surface area (Å²) in [5.41, 5.74) is 1.26. The molecule has 0 bridgehead atoms. The number of esters is 1. The maximum atomic E-state index is 13.2. The topological polar surface area (TPSA) is 38.8 Å². The van der Waals surface area contributed by atoms with Crippen LogP contribution in [-0.2, 0) is 20.5 Å². The third kappa shape index (κ3) is 5.90. The second kappa shape index (κ2) is 11.8. The largest absolute Gasteiger partial charge is 0.466 e. The first-order valence-corrected chi connectivity index (χ1v) is 15.4. The predicted molar refractivity (Wildman–Crippen MR) is 153 cm³/mol. The van der Waals surface area contributed by atoms with Crippen molar-refractivity contribution < 1.29 is 14.0 Å². The Morgan fingerprint density at radius 1 is 0.892 bits per heavy atom. The van der Waals surface area contributed by atoms with Crippen LogP contribution in [0.1, 0.15) is 40.2 Å². The first-order valence-electron chi connectivity index (χ1n) is 13.5. The fourth-order valence-corrected chi connectivity index (χ4v) is 10.7. The van der Waals surface area contributed by atoms with Gasteiger partial charge in [0, 0.05) is 31.7 Å². The molecule has 4 nitrogen and oxygen atoms in total. The number of ether oxygens (including phenoxy) is 1. The van der Waals surface area contributed by atoms with Crippen LogP contribution in [0.4, 0.5) is 0 Å². The first-order chi connectivity index (χ1) is 17.8. The minimum atomic E-state index is -2.73.